The van der Waals surface area contributed by atoms with Gasteiger partial charge in [0.2, 0.25) is 5.91 Å². The maximum absolute atomic E-state index is 11.1. The minimum atomic E-state index is -0.0354. The number of carbonyl (C=O) groups excluding carboxylic acids is 1. The molecule has 19 heavy (non-hydrogen) atoms. The second-order valence-corrected chi connectivity index (χ2v) is 4.43. The monoisotopic (exact) mass is 266 g/mol. The maximum atomic E-state index is 11.1. The molecule has 0 radical (unpaired) electrons. The van der Waals surface area contributed by atoms with Crippen molar-refractivity contribution in [3.63, 3.8) is 0 Å². The number of hydrogen-bond acceptors (Lipinski definition) is 4. The molecule has 5 nitrogen and oxygen atoms in total. The first kappa shape index (κ1) is 15.3. The van der Waals surface area contributed by atoms with E-state index in [-0.39, 0.29) is 12.0 Å². The summed E-state index contributed by atoms with van der Waals surface area (Å²) < 4.78 is 10.9. The van der Waals surface area contributed by atoms with Crippen LogP contribution in [0, 0.1) is 0 Å². The summed E-state index contributed by atoms with van der Waals surface area (Å²) in [6, 6.07) is 5.75. The van der Waals surface area contributed by atoms with Crippen LogP contribution in [-0.4, -0.2) is 32.7 Å². The molecule has 0 unspecified atom stereocenters. The van der Waals surface area contributed by atoms with Gasteiger partial charge in [-0.1, -0.05) is 6.07 Å². The molecule has 0 aliphatic heterocycles. The first-order valence-electron chi connectivity index (χ1n) is 6.31. The third kappa shape index (κ3) is 5.18. The summed E-state index contributed by atoms with van der Waals surface area (Å²) in [4.78, 5) is 11.1. The van der Waals surface area contributed by atoms with Gasteiger partial charge in [-0.05, 0) is 31.5 Å². The fourth-order valence-electron chi connectivity index (χ4n) is 1.58. The van der Waals surface area contributed by atoms with Crippen LogP contribution in [0.3, 0.4) is 0 Å². The Bertz CT molecular complexity index is 419. The zero-order chi connectivity index (χ0) is 14.3. The van der Waals surface area contributed by atoms with Crippen LogP contribution in [0.4, 0.5) is 0 Å². The molecule has 0 aromatic heterocycles. The van der Waals surface area contributed by atoms with Gasteiger partial charge >= 0.3 is 0 Å². The molecule has 0 spiro atoms. The van der Waals surface area contributed by atoms with Crippen LogP contribution < -0.4 is 20.1 Å². The van der Waals surface area contributed by atoms with Gasteiger partial charge in [0.15, 0.2) is 11.5 Å². The molecule has 0 fully saturated rings. The van der Waals surface area contributed by atoms with E-state index in [1.54, 1.807) is 14.2 Å². The molecular formula is C14H22N2O3. The van der Waals surface area contributed by atoms with Crippen LogP contribution >= 0.6 is 0 Å². The Hall–Kier alpha value is -1.75. The molecule has 5 heteroatoms. The first-order valence-corrected chi connectivity index (χ1v) is 6.31. The zero-order valence-electron chi connectivity index (χ0n) is 11.9. The Balaban J connectivity index is 2.63. The highest BCUT2D eigenvalue weighted by Gasteiger charge is 2.07. The van der Waals surface area contributed by atoms with E-state index >= 15 is 0 Å². The number of carbonyl (C=O) groups is 1. The summed E-state index contributed by atoms with van der Waals surface area (Å²) in [6.45, 7) is 4.84. The summed E-state index contributed by atoms with van der Waals surface area (Å²) in [7, 11) is 3.23. The number of likely N-dealkylation sites (N-methyl/N-ethyl adjacent to an activating group) is 1. The molecule has 1 amide bonds. The average molecular weight is 266 g/mol. The Morgan fingerprint density at radius 3 is 2.63 bits per heavy atom. The summed E-state index contributed by atoms with van der Waals surface area (Å²) >= 11 is 0. The van der Waals surface area contributed by atoms with E-state index in [0.29, 0.717) is 18.8 Å². The van der Waals surface area contributed by atoms with Crippen molar-refractivity contribution >= 4 is 5.91 Å². The summed E-state index contributed by atoms with van der Waals surface area (Å²) in [5.74, 6) is 1.40. The van der Waals surface area contributed by atoms with Crippen molar-refractivity contribution in [1.29, 1.82) is 0 Å². The fourth-order valence-corrected chi connectivity index (χ4v) is 1.58. The molecule has 2 N–H and O–H groups in total. The van der Waals surface area contributed by atoms with Gasteiger partial charge in [0.25, 0.3) is 0 Å². The predicted octanol–water partition coefficient (Wildman–Crippen LogP) is 1.32. The Morgan fingerprint density at radius 2 is 2.05 bits per heavy atom. The molecule has 1 rings (SSSR count). The van der Waals surface area contributed by atoms with Gasteiger partial charge in [0, 0.05) is 13.6 Å². The highest BCUT2D eigenvalue weighted by Crippen LogP contribution is 2.28. The van der Waals surface area contributed by atoms with Crippen molar-refractivity contribution in [1.82, 2.24) is 10.6 Å². The molecular weight excluding hydrogens is 244 g/mol. The highest BCUT2D eigenvalue weighted by atomic mass is 16.5. The lowest BCUT2D eigenvalue weighted by molar-refractivity contribution is -0.119. The molecule has 1 aromatic carbocycles. The van der Waals surface area contributed by atoms with Crippen molar-refractivity contribution in [3.8, 4) is 11.5 Å². The number of nitrogens with one attached hydrogen (secondary N) is 2. The minimum absolute atomic E-state index is 0.0354. The van der Waals surface area contributed by atoms with Gasteiger partial charge in [-0.15, -0.1) is 0 Å². The quantitative estimate of drug-likeness (QED) is 0.781. The first-order chi connectivity index (χ1) is 9.06. The van der Waals surface area contributed by atoms with Crippen molar-refractivity contribution in [2.24, 2.45) is 0 Å². The van der Waals surface area contributed by atoms with Crippen LogP contribution in [-0.2, 0) is 11.3 Å². The van der Waals surface area contributed by atoms with E-state index in [9.17, 15) is 4.79 Å². The highest BCUT2D eigenvalue weighted by molar-refractivity contribution is 5.77. The molecule has 1 aromatic rings. The standard InChI is InChI=1S/C14H22N2O3/c1-10(2)19-12-6-5-11(7-13(12)18-4)8-16-9-14(17)15-3/h5-7,10,16H,8-9H2,1-4H3,(H,15,17). The SMILES string of the molecule is CNC(=O)CNCc1ccc(OC(C)C)c(OC)c1. The van der Waals surface area contributed by atoms with Gasteiger partial charge in [0.1, 0.15) is 0 Å². The number of methoxy groups -OCH3 is 1. The Morgan fingerprint density at radius 1 is 1.32 bits per heavy atom. The molecule has 0 atom stereocenters. The van der Waals surface area contributed by atoms with Gasteiger partial charge in [-0.25, -0.2) is 0 Å². The zero-order valence-corrected chi connectivity index (χ0v) is 11.9. The number of ether oxygens (including phenoxy) is 2. The molecule has 0 saturated carbocycles. The fraction of sp³-hybridized carbons (Fsp3) is 0.500. The molecule has 0 aliphatic rings. The molecule has 0 aliphatic carbocycles. The maximum Gasteiger partial charge on any atom is 0.233 e. The van der Waals surface area contributed by atoms with E-state index in [1.165, 1.54) is 0 Å². The van der Waals surface area contributed by atoms with Crippen LogP contribution in [0.5, 0.6) is 11.5 Å². The molecule has 0 heterocycles. The van der Waals surface area contributed by atoms with Crippen LogP contribution in [0.1, 0.15) is 19.4 Å². The molecule has 0 saturated heterocycles. The second kappa shape index (κ2) is 7.63. The van der Waals surface area contributed by atoms with Gasteiger partial charge in [0.05, 0.1) is 19.8 Å². The largest absolute Gasteiger partial charge is 0.493 e. The summed E-state index contributed by atoms with van der Waals surface area (Å²) in [6.07, 6.45) is 0.103. The Labute approximate surface area is 114 Å². The lowest BCUT2D eigenvalue weighted by atomic mass is 10.2. The second-order valence-electron chi connectivity index (χ2n) is 4.43. The summed E-state index contributed by atoms with van der Waals surface area (Å²) in [5, 5.41) is 5.61. The van der Waals surface area contributed by atoms with E-state index in [4.69, 9.17) is 9.47 Å². The molecule has 0 bridgehead atoms. The smallest absolute Gasteiger partial charge is 0.233 e. The number of rotatable bonds is 7. The van der Waals surface area contributed by atoms with Crippen molar-refractivity contribution in [2.75, 3.05) is 20.7 Å². The lowest BCUT2D eigenvalue weighted by Crippen LogP contribution is -2.30. The van der Waals surface area contributed by atoms with Gasteiger partial charge < -0.3 is 20.1 Å². The Kier molecular flexibility index (Phi) is 6.15. The molecule has 106 valence electrons. The summed E-state index contributed by atoms with van der Waals surface area (Å²) in [5.41, 5.74) is 1.04. The number of hydrogen-bond donors (Lipinski definition) is 2. The van der Waals surface area contributed by atoms with E-state index in [2.05, 4.69) is 10.6 Å². The predicted molar refractivity (Wildman–Crippen MR) is 74.5 cm³/mol. The third-order valence-corrected chi connectivity index (χ3v) is 2.48. The van der Waals surface area contributed by atoms with Crippen LogP contribution in [0.25, 0.3) is 0 Å². The van der Waals surface area contributed by atoms with E-state index < -0.39 is 0 Å². The number of benzene rings is 1. The van der Waals surface area contributed by atoms with Crippen LogP contribution in [0.2, 0.25) is 0 Å². The van der Waals surface area contributed by atoms with Crippen LogP contribution in [0.15, 0.2) is 18.2 Å². The van der Waals surface area contributed by atoms with Gasteiger partial charge in [-0.3, -0.25) is 4.79 Å². The lowest BCUT2D eigenvalue weighted by Gasteiger charge is -2.14. The average Bonchev–Trinajstić information content (AvgIpc) is 2.39. The van der Waals surface area contributed by atoms with Crippen molar-refractivity contribution in [3.05, 3.63) is 23.8 Å². The van der Waals surface area contributed by atoms with Gasteiger partial charge in [-0.2, -0.15) is 0 Å². The van der Waals surface area contributed by atoms with Crippen molar-refractivity contribution in [2.45, 2.75) is 26.5 Å². The van der Waals surface area contributed by atoms with E-state index in [1.807, 2.05) is 32.0 Å². The minimum Gasteiger partial charge on any atom is -0.493 e. The third-order valence-electron chi connectivity index (χ3n) is 2.48. The van der Waals surface area contributed by atoms with Crippen molar-refractivity contribution < 1.29 is 14.3 Å². The number of amides is 1. The topological polar surface area (TPSA) is 59.6 Å². The normalized spacial score (nSPS) is 10.4. The van der Waals surface area contributed by atoms with E-state index in [0.717, 1.165) is 11.3 Å².